The van der Waals surface area contributed by atoms with E-state index in [9.17, 15) is 0 Å². The average molecular weight is 230 g/mol. The summed E-state index contributed by atoms with van der Waals surface area (Å²) in [5, 5.41) is 0. The van der Waals surface area contributed by atoms with E-state index in [1.807, 2.05) is 12.1 Å². The van der Waals surface area contributed by atoms with E-state index in [-0.39, 0.29) is 0 Å². The summed E-state index contributed by atoms with van der Waals surface area (Å²) in [6, 6.07) is 8.28. The van der Waals surface area contributed by atoms with Gasteiger partial charge >= 0.3 is 0 Å². The van der Waals surface area contributed by atoms with E-state index in [1.165, 1.54) is 9.79 Å². The molecule has 12 heavy (non-hydrogen) atoms. The van der Waals surface area contributed by atoms with Crippen molar-refractivity contribution in [1.29, 1.82) is 0 Å². The second-order valence-corrected chi connectivity index (χ2v) is 5.87. The fourth-order valence-corrected chi connectivity index (χ4v) is 3.50. The van der Waals surface area contributed by atoms with Crippen LogP contribution in [0.15, 0.2) is 42.5 Å². The van der Waals surface area contributed by atoms with Gasteiger partial charge < -0.3 is 0 Å². The maximum Gasteiger partial charge on any atom is 0.0621 e. The zero-order chi connectivity index (χ0) is 8.55. The molecule has 0 unspecified atom stereocenters. The molecule has 1 aromatic carbocycles. The van der Waals surface area contributed by atoms with Crippen LogP contribution in [0, 0.1) is 0 Å². The average Bonchev–Trinajstić information content (AvgIpc) is 2.07. The van der Waals surface area contributed by atoms with Gasteiger partial charge in [-0.25, -0.2) is 0 Å². The number of hydrogen-bond acceptors (Lipinski definition) is 4. The second kappa shape index (κ2) is 3.62. The number of fused-ring (bicyclic) bond motifs is 1. The molecule has 1 aliphatic rings. The van der Waals surface area contributed by atoms with Crippen LogP contribution >= 0.6 is 48.8 Å². The smallest absolute Gasteiger partial charge is 0.0621 e. The normalized spacial score (nSPS) is 16.2. The third-order valence-corrected chi connectivity index (χ3v) is 5.12. The van der Waals surface area contributed by atoms with Gasteiger partial charge in [-0.1, -0.05) is 35.7 Å². The molecular formula is C8H6S4. The molecule has 0 spiro atoms. The Morgan fingerprint density at radius 1 is 0.833 bits per heavy atom. The maximum absolute atomic E-state index is 4.33. The molecule has 0 saturated heterocycles. The van der Waals surface area contributed by atoms with Crippen molar-refractivity contribution in [2.24, 2.45) is 0 Å². The number of thioether (sulfide) groups is 2. The molecule has 0 nitrogen and oxygen atoms in total. The molecule has 0 aliphatic carbocycles. The van der Waals surface area contributed by atoms with Crippen molar-refractivity contribution >= 4 is 48.8 Å². The lowest BCUT2D eigenvalue weighted by Gasteiger charge is -2.15. The first kappa shape index (κ1) is 8.94. The van der Waals surface area contributed by atoms with E-state index < -0.39 is 0 Å². The number of hydrogen-bond donors (Lipinski definition) is 2. The van der Waals surface area contributed by atoms with Crippen molar-refractivity contribution in [2.75, 3.05) is 0 Å². The van der Waals surface area contributed by atoms with Gasteiger partial charge in [-0.2, -0.15) is 0 Å². The molecule has 0 aromatic heterocycles. The van der Waals surface area contributed by atoms with Crippen LogP contribution in [-0.4, -0.2) is 0 Å². The summed E-state index contributed by atoms with van der Waals surface area (Å²) in [6.07, 6.45) is 0. The highest BCUT2D eigenvalue weighted by Crippen LogP contribution is 2.48. The Morgan fingerprint density at radius 2 is 1.25 bits per heavy atom. The summed E-state index contributed by atoms with van der Waals surface area (Å²) < 4.78 is 1.98. The molecule has 1 heterocycles. The fraction of sp³-hybridized carbons (Fsp3) is 0. The molecule has 62 valence electrons. The lowest BCUT2D eigenvalue weighted by atomic mass is 10.4. The number of benzene rings is 1. The Balaban J connectivity index is 2.43. The minimum Gasteiger partial charge on any atom is -0.135 e. The van der Waals surface area contributed by atoms with E-state index in [0.717, 1.165) is 8.47 Å². The van der Waals surface area contributed by atoms with Crippen LogP contribution in [0.1, 0.15) is 0 Å². The molecule has 0 fully saturated rings. The Hall–Kier alpha value is 0.360. The third-order valence-electron chi connectivity index (χ3n) is 1.45. The molecule has 0 atom stereocenters. The minimum atomic E-state index is 0.988. The van der Waals surface area contributed by atoms with Crippen molar-refractivity contribution < 1.29 is 0 Å². The topological polar surface area (TPSA) is 0 Å². The monoisotopic (exact) mass is 230 g/mol. The summed E-state index contributed by atoms with van der Waals surface area (Å²) in [5.41, 5.74) is 0. The third kappa shape index (κ3) is 1.66. The molecule has 2 rings (SSSR count). The molecule has 0 radical (unpaired) electrons. The first-order chi connectivity index (χ1) is 5.77. The molecule has 0 bridgehead atoms. The summed E-state index contributed by atoms with van der Waals surface area (Å²) in [6.45, 7) is 0. The van der Waals surface area contributed by atoms with Gasteiger partial charge in [0.2, 0.25) is 0 Å². The Bertz CT molecular complexity index is 310. The van der Waals surface area contributed by atoms with Crippen LogP contribution in [0.5, 0.6) is 0 Å². The van der Waals surface area contributed by atoms with E-state index in [1.54, 1.807) is 23.5 Å². The molecular weight excluding hydrogens is 224 g/mol. The fourth-order valence-electron chi connectivity index (χ4n) is 0.914. The molecule has 4 heteroatoms. The van der Waals surface area contributed by atoms with Crippen molar-refractivity contribution in [2.45, 2.75) is 9.79 Å². The highest BCUT2D eigenvalue weighted by Gasteiger charge is 2.14. The Morgan fingerprint density at radius 3 is 1.67 bits per heavy atom. The number of thiol groups is 2. The largest absolute Gasteiger partial charge is 0.135 e. The van der Waals surface area contributed by atoms with Gasteiger partial charge in [-0.15, -0.1) is 25.3 Å². The zero-order valence-corrected chi connectivity index (χ0v) is 9.44. The summed E-state index contributed by atoms with van der Waals surface area (Å²) in [4.78, 5) is 2.54. The molecule has 0 saturated carbocycles. The van der Waals surface area contributed by atoms with E-state index in [0.29, 0.717) is 0 Å². The van der Waals surface area contributed by atoms with Gasteiger partial charge in [-0.3, -0.25) is 0 Å². The molecule has 1 aliphatic heterocycles. The van der Waals surface area contributed by atoms with Gasteiger partial charge in [0.1, 0.15) is 0 Å². The van der Waals surface area contributed by atoms with Crippen LogP contribution in [0.3, 0.4) is 0 Å². The van der Waals surface area contributed by atoms with E-state index in [4.69, 9.17) is 0 Å². The standard InChI is InChI=1S/C8H6S4/c9-7-8(10)12-6-4-2-1-3-5(6)11-7/h1-4,9-10H. The van der Waals surface area contributed by atoms with E-state index in [2.05, 4.69) is 37.4 Å². The van der Waals surface area contributed by atoms with Crippen LogP contribution < -0.4 is 0 Å². The molecule has 1 aromatic rings. The predicted octanol–water partition coefficient (Wildman–Crippen LogP) is 3.87. The lowest BCUT2D eigenvalue weighted by Crippen LogP contribution is -1.83. The van der Waals surface area contributed by atoms with E-state index >= 15 is 0 Å². The van der Waals surface area contributed by atoms with Gasteiger partial charge in [0.25, 0.3) is 0 Å². The second-order valence-electron chi connectivity index (χ2n) is 2.26. The van der Waals surface area contributed by atoms with Crippen LogP contribution in [0.4, 0.5) is 0 Å². The van der Waals surface area contributed by atoms with Crippen LogP contribution in [0.25, 0.3) is 0 Å². The van der Waals surface area contributed by atoms with Gasteiger partial charge in [0.05, 0.1) is 8.47 Å². The molecule has 0 amide bonds. The maximum atomic E-state index is 4.33. The highest BCUT2D eigenvalue weighted by molar-refractivity contribution is 8.23. The SMILES string of the molecule is SC1=C(S)Sc2ccccc2S1. The lowest BCUT2D eigenvalue weighted by molar-refractivity contribution is 1.26. The van der Waals surface area contributed by atoms with Crippen molar-refractivity contribution in [1.82, 2.24) is 0 Å². The first-order valence-corrected chi connectivity index (χ1v) is 5.87. The van der Waals surface area contributed by atoms with Gasteiger partial charge in [0, 0.05) is 9.79 Å². The zero-order valence-electron chi connectivity index (χ0n) is 6.02. The van der Waals surface area contributed by atoms with Crippen molar-refractivity contribution in [3.05, 3.63) is 32.7 Å². The minimum absolute atomic E-state index is 0.988. The summed E-state index contributed by atoms with van der Waals surface area (Å²) in [5.74, 6) is 0. The van der Waals surface area contributed by atoms with Gasteiger partial charge in [-0.05, 0) is 12.1 Å². The number of rotatable bonds is 0. The van der Waals surface area contributed by atoms with Crippen LogP contribution in [0.2, 0.25) is 0 Å². The summed E-state index contributed by atoms with van der Waals surface area (Å²) in [7, 11) is 0. The van der Waals surface area contributed by atoms with Gasteiger partial charge in [0.15, 0.2) is 0 Å². The Labute approximate surface area is 91.0 Å². The first-order valence-electron chi connectivity index (χ1n) is 3.34. The Kier molecular flexibility index (Phi) is 2.69. The molecule has 0 N–H and O–H groups in total. The summed E-state index contributed by atoms with van der Waals surface area (Å²) >= 11 is 12.0. The quantitative estimate of drug-likeness (QED) is 0.649. The highest BCUT2D eigenvalue weighted by atomic mass is 32.2. The van der Waals surface area contributed by atoms with Crippen molar-refractivity contribution in [3.63, 3.8) is 0 Å². The predicted molar refractivity (Wildman–Crippen MR) is 63.2 cm³/mol. The van der Waals surface area contributed by atoms with Crippen LogP contribution in [-0.2, 0) is 0 Å². The van der Waals surface area contributed by atoms with Crippen molar-refractivity contribution in [3.8, 4) is 0 Å².